The summed E-state index contributed by atoms with van der Waals surface area (Å²) in [6.07, 6.45) is 11.7. The molecule has 196 valence electrons. The van der Waals surface area contributed by atoms with Crippen LogP contribution in [0.2, 0.25) is 0 Å². The second kappa shape index (κ2) is 11.1. The number of ether oxygens (including phenoxy) is 1. The Morgan fingerprint density at radius 3 is 2.53 bits per heavy atom. The fraction of sp³-hybridized carbons (Fsp3) is 0.643. The number of dihydropyridines is 1. The van der Waals surface area contributed by atoms with Crippen molar-refractivity contribution in [3.05, 3.63) is 53.4 Å². The van der Waals surface area contributed by atoms with Crippen molar-refractivity contribution in [3.8, 4) is 5.75 Å². The molecule has 1 saturated carbocycles. The first kappa shape index (κ1) is 24.2. The molecule has 4 aliphatic heterocycles. The second-order valence-corrected chi connectivity index (χ2v) is 11.0. The van der Waals surface area contributed by atoms with E-state index in [1.54, 1.807) is 6.07 Å². The highest BCUT2D eigenvalue weighted by atomic mass is 16.5. The van der Waals surface area contributed by atoms with Gasteiger partial charge < -0.3 is 20.5 Å². The van der Waals surface area contributed by atoms with Gasteiger partial charge in [-0.05, 0) is 42.2 Å². The molecule has 1 aliphatic carbocycles. The Balaban J connectivity index is 1.13. The summed E-state index contributed by atoms with van der Waals surface area (Å²) in [6, 6.07) is 8.54. The van der Waals surface area contributed by atoms with Gasteiger partial charge in [0, 0.05) is 63.8 Å². The van der Waals surface area contributed by atoms with Gasteiger partial charge in [0.25, 0.3) is 0 Å². The first-order valence-corrected chi connectivity index (χ1v) is 14.0. The number of phenols is 1. The standard InChI is InChI=1S/C28H42N6O2/c35-24-8-4-5-22(18-24)27-30-25-17-21(19-29-26(25)28(31-27)34-13-15-36-16-14-34)20-32-9-11-33(12-10-32)23-6-2-1-3-7-23/h4-5,8,17-19,23,26-31,35H,1-3,6-7,9-16,20H2. The number of nitrogens with zero attached hydrogens (tertiary/aromatic N) is 3. The van der Waals surface area contributed by atoms with E-state index < -0.39 is 0 Å². The Kier molecular flexibility index (Phi) is 7.48. The van der Waals surface area contributed by atoms with Gasteiger partial charge in [-0.15, -0.1) is 0 Å². The van der Waals surface area contributed by atoms with E-state index in [1.807, 2.05) is 12.1 Å². The maximum Gasteiger partial charge on any atom is 0.115 e. The lowest BCUT2D eigenvalue weighted by Gasteiger charge is -2.48. The van der Waals surface area contributed by atoms with Gasteiger partial charge in [0.1, 0.15) is 11.9 Å². The number of morpholine rings is 1. The first-order valence-electron chi connectivity index (χ1n) is 14.0. The van der Waals surface area contributed by atoms with Crippen LogP contribution in [-0.2, 0) is 4.74 Å². The number of piperazine rings is 1. The lowest BCUT2D eigenvalue weighted by atomic mass is 9.93. The monoisotopic (exact) mass is 494 g/mol. The zero-order chi connectivity index (χ0) is 24.3. The highest BCUT2D eigenvalue weighted by molar-refractivity contribution is 5.37. The molecule has 0 aromatic heterocycles. The van der Waals surface area contributed by atoms with Gasteiger partial charge in [-0.3, -0.25) is 20.0 Å². The van der Waals surface area contributed by atoms with Gasteiger partial charge in [-0.1, -0.05) is 31.4 Å². The Morgan fingerprint density at radius 1 is 0.944 bits per heavy atom. The number of benzene rings is 1. The van der Waals surface area contributed by atoms with Crippen molar-refractivity contribution in [1.82, 2.24) is 30.7 Å². The third-order valence-corrected chi connectivity index (χ3v) is 8.64. The molecule has 6 rings (SSSR count). The number of fused-ring (bicyclic) bond motifs is 1. The van der Waals surface area contributed by atoms with Gasteiger partial charge in [0.05, 0.1) is 25.4 Å². The fourth-order valence-corrected chi connectivity index (χ4v) is 6.62. The molecular weight excluding hydrogens is 452 g/mol. The Labute approximate surface area is 215 Å². The molecule has 8 nitrogen and oxygen atoms in total. The van der Waals surface area contributed by atoms with Crippen molar-refractivity contribution >= 4 is 0 Å². The van der Waals surface area contributed by atoms with Crippen molar-refractivity contribution in [2.24, 2.45) is 0 Å². The summed E-state index contributed by atoms with van der Waals surface area (Å²) >= 11 is 0. The second-order valence-electron chi connectivity index (χ2n) is 11.0. The average molecular weight is 495 g/mol. The van der Waals surface area contributed by atoms with Crippen LogP contribution in [0.25, 0.3) is 0 Å². The number of nitrogens with one attached hydrogen (secondary N) is 3. The van der Waals surface area contributed by atoms with Crippen LogP contribution in [0.15, 0.2) is 47.8 Å². The van der Waals surface area contributed by atoms with Crippen molar-refractivity contribution in [2.75, 3.05) is 59.0 Å². The van der Waals surface area contributed by atoms with E-state index in [0.717, 1.165) is 57.5 Å². The van der Waals surface area contributed by atoms with Crippen molar-refractivity contribution < 1.29 is 9.84 Å². The summed E-state index contributed by atoms with van der Waals surface area (Å²) in [5, 5.41) is 21.4. The van der Waals surface area contributed by atoms with Gasteiger partial charge in [-0.25, -0.2) is 0 Å². The zero-order valence-electron chi connectivity index (χ0n) is 21.4. The van der Waals surface area contributed by atoms with Crippen LogP contribution in [0.1, 0.15) is 43.8 Å². The maximum atomic E-state index is 10.1. The van der Waals surface area contributed by atoms with Gasteiger partial charge in [0.15, 0.2) is 0 Å². The predicted molar refractivity (Wildman–Crippen MR) is 141 cm³/mol. The highest BCUT2D eigenvalue weighted by Gasteiger charge is 2.39. The molecule has 4 fully saturated rings. The summed E-state index contributed by atoms with van der Waals surface area (Å²) in [5.41, 5.74) is 3.59. The largest absolute Gasteiger partial charge is 0.508 e. The van der Waals surface area contributed by atoms with Crippen LogP contribution in [-0.4, -0.2) is 97.1 Å². The summed E-state index contributed by atoms with van der Waals surface area (Å²) in [4.78, 5) is 7.84. The maximum absolute atomic E-state index is 10.1. The molecule has 4 heterocycles. The predicted octanol–water partition coefficient (Wildman–Crippen LogP) is 1.93. The number of phenolic OH excluding ortho intramolecular Hbond substituents is 1. The summed E-state index contributed by atoms with van der Waals surface area (Å²) < 4.78 is 5.63. The van der Waals surface area contributed by atoms with Crippen LogP contribution >= 0.6 is 0 Å². The molecule has 0 bridgehead atoms. The molecule has 5 aliphatic rings. The third kappa shape index (κ3) is 5.43. The van der Waals surface area contributed by atoms with E-state index in [1.165, 1.54) is 56.5 Å². The normalized spacial score (nSPS) is 31.1. The minimum absolute atomic E-state index is 0.0624. The molecular formula is C28H42N6O2. The Morgan fingerprint density at radius 2 is 1.75 bits per heavy atom. The smallest absolute Gasteiger partial charge is 0.115 e. The molecule has 0 radical (unpaired) electrons. The van der Waals surface area contributed by atoms with E-state index >= 15 is 0 Å². The van der Waals surface area contributed by atoms with Crippen LogP contribution in [0, 0.1) is 0 Å². The van der Waals surface area contributed by atoms with E-state index in [4.69, 9.17) is 4.74 Å². The summed E-state index contributed by atoms with van der Waals surface area (Å²) in [7, 11) is 0. The van der Waals surface area contributed by atoms with E-state index in [-0.39, 0.29) is 18.4 Å². The van der Waals surface area contributed by atoms with E-state index in [9.17, 15) is 5.11 Å². The van der Waals surface area contributed by atoms with Crippen molar-refractivity contribution in [1.29, 1.82) is 0 Å². The topological polar surface area (TPSA) is 75.3 Å². The number of hydrogen-bond acceptors (Lipinski definition) is 8. The fourth-order valence-electron chi connectivity index (χ4n) is 6.62. The Hall–Kier alpha value is -2.10. The van der Waals surface area contributed by atoms with Crippen molar-refractivity contribution in [2.45, 2.75) is 56.5 Å². The molecule has 1 aromatic carbocycles. The molecule has 3 saturated heterocycles. The van der Waals surface area contributed by atoms with Gasteiger partial charge in [-0.2, -0.15) is 0 Å². The lowest BCUT2D eigenvalue weighted by molar-refractivity contribution is -0.00730. The quantitative estimate of drug-likeness (QED) is 0.495. The molecule has 8 heteroatoms. The molecule has 1 aromatic rings. The average Bonchev–Trinajstić information content (AvgIpc) is 2.94. The molecule has 3 atom stereocenters. The zero-order valence-corrected chi connectivity index (χ0v) is 21.4. The molecule has 0 amide bonds. The summed E-state index contributed by atoms with van der Waals surface area (Å²) in [6.45, 7) is 9.04. The molecule has 3 unspecified atom stereocenters. The van der Waals surface area contributed by atoms with Crippen LogP contribution in [0.3, 0.4) is 0 Å². The van der Waals surface area contributed by atoms with Gasteiger partial charge >= 0.3 is 0 Å². The number of hydrogen-bond donors (Lipinski definition) is 4. The third-order valence-electron chi connectivity index (χ3n) is 8.64. The highest BCUT2D eigenvalue weighted by Crippen LogP contribution is 2.28. The van der Waals surface area contributed by atoms with Crippen LogP contribution in [0.5, 0.6) is 5.75 Å². The van der Waals surface area contributed by atoms with E-state index in [2.05, 4.69) is 49.0 Å². The number of rotatable bonds is 5. The van der Waals surface area contributed by atoms with Gasteiger partial charge in [0.2, 0.25) is 0 Å². The lowest BCUT2D eigenvalue weighted by Crippen LogP contribution is -2.67. The first-order chi connectivity index (χ1) is 17.7. The summed E-state index contributed by atoms with van der Waals surface area (Å²) in [5.74, 6) is 0.296. The SMILES string of the molecule is Oc1cccc(C2NC3=CC(CN4CCN(C5CCCCC5)CC4)=CNC3C(N3CCOCC3)N2)c1. The van der Waals surface area contributed by atoms with Crippen LogP contribution < -0.4 is 16.0 Å². The van der Waals surface area contributed by atoms with E-state index in [0.29, 0.717) is 5.75 Å². The number of aromatic hydroxyl groups is 1. The minimum atomic E-state index is -0.0624. The van der Waals surface area contributed by atoms with Crippen LogP contribution in [0.4, 0.5) is 0 Å². The Bertz CT molecular complexity index is 947. The minimum Gasteiger partial charge on any atom is -0.508 e. The molecule has 36 heavy (non-hydrogen) atoms. The molecule has 0 spiro atoms. The van der Waals surface area contributed by atoms with Crippen molar-refractivity contribution in [3.63, 3.8) is 0 Å². The molecule has 4 N–H and O–H groups in total.